The lowest BCUT2D eigenvalue weighted by Gasteiger charge is -2.26. The number of carboxylic acids is 1. The fourth-order valence-electron chi connectivity index (χ4n) is 4.66. The Morgan fingerprint density at radius 3 is 2.71 bits per heavy atom. The van der Waals surface area contributed by atoms with Gasteiger partial charge in [0, 0.05) is 18.4 Å². The van der Waals surface area contributed by atoms with Crippen LogP contribution in [0.3, 0.4) is 0 Å². The van der Waals surface area contributed by atoms with Crippen molar-refractivity contribution in [2.24, 2.45) is 5.41 Å². The molecule has 0 unspecified atom stereocenters. The molecular formula is C25H31N3O7. The largest absolute Gasteiger partial charge is 0.480 e. The molecule has 1 fully saturated rings. The molecule has 3 aliphatic rings. The number of carbonyl (C=O) groups excluding carboxylic acids is 3. The number of allylic oxidation sites excluding steroid dienone is 1. The lowest BCUT2D eigenvalue weighted by Crippen LogP contribution is -2.50. The van der Waals surface area contributed by atoms with Gasteiger partial charge in [-0.15, -0.1) is 0 Å². The van der Waals surface area contributed by atoms with Crippen LogP contribution >= 0.6 is 0 Å². The number of fused-ring (bicyclic) bond motifs is 3. The van der Waals surface area contributed by atoms with Crippen molar-refractivity contribution in [1.29, 1.82) is 0 Å². The van der Waals surface area contributed by atoms with Crippen LogP contribution in [0.4, 0.5) is 9.59 Å². The van der Waals surface area contributed by atoms with Crippen LogP contribution in [0.25, 0.3) is 6.08 Å². The van der Waals surface area contributed by atoms with E-state index < -0.39 is 42.3 Å². The Hall–Kier alpha value is -3.56. The SMILES string of the molecule is C[C@@H]1NC(=O)OCC(C)(C)C/C=C/c2cccc3c2CN(C3)C(=O)O[C@@H]2C[C@@H](C(=O)O)N(C2)C1=O. The zero-order valence-corrected chi connectivity index (χ0v) is 20.2. The predicted octanol–water partition coefficient (Wildman–Crippen LogP) is 2.75. The van der Waals surface area contributed by atoms with Crippen LogP contribution < -0.4 is 5.32 Å². The first-order valence-electron chi connectivity index (χ1n) is 11.7. The molecule has 0 aromatic heterocycles. The first-order chi connectivity index (χ1) is 16.5. The van der Waals surface area contributed by atoms with Crippen molar-refractivity contribution in [3.8, 4) is 0 Å². The molecule has 2 N–H and O–H groups in total. The molecule has 10 nitrogen and oxygen atoms in total. The highest BCUT2D eigenvalue weighted by Crippen LogP contribution is 2.30. The summed E-state index contributed by atoms with van der Waals surface area (Å²) in [6.45, 7) is 6.26. The maximum Gasteiger partial charge on any atom is 0.410 e. The summed E-state index contributed by atoms with van der Waals surface area (Å²) in [5, 5.41) is 12.1. The summed E-state index contributed by atoms with van der Waals surface area (Å²) in [5.41, 5.74) is 2.71. The van der Waals surface area contributed by atoms with Crippen LogP contribution in [0, 0.1) is 5.41 Å². The second kappa shape index (κ2) is 9.59. The van der Waals surface area contributed by atoms with Crippen molar-refractivity contribution in [2.75, 3.05) is 13.2 Å². The number of nitrogens with one attached hydrogen (secondary N) is 1. The number of rotatable bonds is 1. The summed E-state index contributed by atoms with van der Waals surface area (Å²) in [7, 11) is 0. The number of carboxylic acid groups (broad SMARTS) is 1. The van der Waals surface area contributed by atoms with Gasteiger partial charge in [0.1, 0.15) is 18.2 Å². The van der Waals surface area contributed by atoms with E-state index in [0.29, 0.717) is 19.5 Å². The Labute approximate surface area is 203 Å². The summed E-state index contributed by atoms with van der Waals surface area (Å²) in [5.74, 6) is -1.77. The molecule has 3 atom stereocenters. The van der Waals surface area contributed by atoms with Gasteiger partial charge in [-0.2, -0.15) is 0 Å². The average molecular weight is 486 g/mol. The first kappa shape index (κ1) is 24.6. The van der Waals surface area contributed by atoms with Crippen molar-refractivity contribution < 1.29 is 33.8 Å². The van der Waals surface area contributed by atoms with Crippen LogP contribution in [0.1, 0.15) is 50.3 Å². The van der Waals surface area contributed by atoms with Gasteiger partial charge in [0.2, 0.25) is 5.91 Å². The average Bonchev–Trinajstić information content (AvgIpc) is 3.42. The van der Waals surface area contributed by atoms with Crippen LogP contribution in [0.5, 0.6) is 0 Å². The first-order valence-corrected chi connectivity index (χ1v) is 11.7. The number of alkyl carbamates (subject to hydrolysis) is 1. The highest BCUT2D eigenvalue weighted by Gasteiger charge is 2.43. The van der Waals surface area contributed by atoms with Crippen LogP contribution in [0.2, 0.25) is 0 Å². The molecular weight excluding hydrogens is 454 g/mol. The van der Waals surface area contributed by atoms with Crippen molar-refractivity contribution in [2.45, 2.75) is 64.9 Å². The molecule has 35 heavy (non-hydrogen) atoms. The molecule has 1 aromatic rings. The topological polar surface area (TPSA) is 125 Å². The quantitative estimate of drug-likeness (QED) is 0.626. The van der Waals surface area contributed by atoms with E-state index in [4.69, 9.17) is 9.47 Å². The molecule has 4 rings (SSSR count). The molecule has 1 saturated heterocycles. The summed E-state index contributed by atoms with van der Waals surface area (Å²) >= 11 is 0. The Bertz CT molecular complexity index is 1070. The minimum absolute atomic E-state index is 0.0209. The van der Waals surface area contributed by atoms with Gasteiger partial charge in [-0.3, -0.25) is 9.69 Å². The summed E-state index contributed by atoms with van der Waals surface area (Å²) in [4.78, 5) is 52.8. The zero-order chi connectivity index (χ0) is 25.3. The molecule has 3 heterocycles. The zero-order valence-electron chi connectivity index (χ0n) is 20.2. The van der Waals surface area contributed by atoms with E-state index in [1.165, 1.54) is 6.92 Å². The van der Waals surface area contributed by atoms with Crippen LogP contribution in [0.15, 0.2) is 24.3 Å². The number of benzene rings is 1. The molecule has 0 aliphatic carbocycles. The van der Waals surface area contributed by atoms with E-state index in [1.807, 2.05) is 44.2 Å². The number of aliphatic carboxylic acids is 1. The fraction of sp³-hybridized carbons (Fsp3) is 0.520. The maximum absolute atomic E-state index is 13.0. The van der Waals surface area contributed by atoms with E-state index in [2.05, 4.69) is 5.32 Å². The third-order valence-corrected chi connectivity index (χ3v) is 6.64. The van der Waals surface area contributed by atoms with Crippen molar-refractivity contribution >= 4 is 30.1 Å². The van der Waals surface area contributed by atoms with Gasteiger partial charge in [-0.05, 0) is 30.0 Å². The van der Waals surface area contributed by atoms with Gasteiger partial charge < -0.3 is 24.8 Å². The standard InChI is InChI=1S/C25H31N3O7/c1-15-21(29)28-12-18(10-20(28)22(30)31)35-24(33)27-11-17-7-4-6-16(19(17)13-27)8-5-9-25(2,3)14-34-23(32)26-15/h4-8,15,18,20H,9-14H2,1-3H3,(H,26,32)(H,30,31)/b8-5+/t15-,18+,20-/m0/s1. The van der Waals surface area contributed by atoms with Gasteiger partial charge in [0.25, 0.3) is 0 Å². The van der Waals surface area contributed by atoms with E-state index in [-0.39, 0.29) is 25.0 Å². The molecule has 188 valence electrons. The summed E-state index contributed by atoms with van der Waals surface area (Å²) < 4.78 is 11.0. The van der Waals surface area contributed by atoms with E-state index >= 15 is 0 Å². The van der Waals surface area contributed by atoms with Crippen molar-refractivity contribution in [1.82, 2.24) is 15.1 Å². The Morgan fingerprint density at radius 2 is 1.97 bits per heavy atom. The highest BCUT2D eigenvalue weighted by atomic mass is 16.6. The van der Waals surface area contributed by atoms with Gasteiger partial charge in [0.05, 0.1) is 19.7 Å². The monoisotopic (exact) mass is 485 g/mol. The fourth-order valence-corrected chi connectivity index (χ4v) is 4.66. The van der Waals surface area contributed by atoms with Crippen LogP contribution in [-0.2, 0) is 32.2 Å². The normalized spacial score (nSPS) is 27.7. The summed E-state index contributed by atoms with van der Waals surface area (Å²) in [6.07, 6.45) is 2.58. The van der Waals surface area contributed by atoms with Gasteiger partial charge in [-0.1, -0.05) is 44.2 Å². The number of amides is 3. The highest BCUT2D eigenvalue weighted by molar-refractivity contribution is 5.89. The Kier molecular flexibility index (Phi) is 6.73. The number of hydrogen-bond donors (Lipinski definition) is 2. The van der Waals surface area contributed by atoms with E-state index in [1.54, 1.807) is 4.90 Å². The summed E-state index contributed by atoms with van der Waals surface area (Å²) in [6, 6.07) is 3.74. The Balaban J connectivity index is 1.61. The number of carbonyl (C=O) groups is 4. The minimum Gasteiger partial charge on any atom is -0.480 e. The number of ether oxygens (including phenoxy) is 2. The molecule has 0 spiro atoms. The smallest absolute Gasteiger partial charge is 0.410 e. The van der Waals surface area contributed by atoms with Crippen molar-refractivity contribution in [3.05, 3.63) is 41.0 Å². The van der Waals surface area contributed by atoms with Crippen LogP contribution in [-0.4, -0.2) is 70.3 Å². The molecule has 3 amide bonds. The maximum atomic E-state index is 13.0. The van der Waals surface area contributed by atoms with Crippen molar-refractivity contribution in [3.63, 3.8) is 0 Å². The molecule has 3 aliphatic heterocycles. The second-order valence-corrected chi connectivity index (χ2v) is 10.1. The minimum atomic E-state index is -1.19. The predicted molar refractivity (Wildman–Crippen MR) is 125 cm³/mol. The third kappa shape index (κ3) is 5.41. The lowest BCUT2D eigenvalue weighted by atomic mass is 9.90. The third-order valence-electron chi connectivity index (χ3n) is 6.64. The molecule has 1 aromatic carbocycles. The number of nitrogens with zero attached hydrogens (tertiary/aromatic N) is 2. The second-order valence-electron chi connectivity index (χ2n) is 10.1. The number of hydrogen-bond acceptors (Lipinski definition) is 6. The van der Waals surface area contributed by atoms with Gasteiger partial charge >= 0.3 is 18.2 Å². The number of cyclic esters (lactones) is 1. The molecule has 10 heteroatoms. The Morgan fingerprint density at radius 1 is 1.20 bits per heavy atom. The molecule has 4 bridgehead atoms. The van der Waals surface area contributed by atoms with Gasteiger partial charge in [-0.25, -0.2) is 14.4 Å². The van der Waals surface area contributed by atoms with E-state index in [9.17, 15) is 24.3 Å². The van der Waals surface area contributed by atoms with Gasteiger partial charge in [0.15, 0.2) is 0 Å². The lowest BCUT2D eigenvalue weighted by molar-refractivity contribution is -0.148. The molecule has 0 radical (unpaired) electrons. The molecule has 0 saturated carbocycles. The van der Waals surface area contributed by atoms with E-state index in [0.717, 1.165) is 21.6 Å².